The van der Waals surface area contributed by atoms with Gasteiger partial charge in [-0.2, -0.15) is 0 Å². The van der Waals surface area contributed by atoms with Gasteiger partial charge in [-0.15, -0.1) is 0 Å². The number of pyridine rings is 1. The van der Waals surface area contributed by atoms with Crippen molar-refractivity contribution in [3.05, 3.63) is 56.9 Å². The molecule has 0 saturated carbocycles. The minimum absolute atomic E-state index is 0.0880. The molecule has 0 atom stereocenters. The lowest BCUT2D eigenvalue weighted by atomic mass is 10.3. The number of anilines is 1. The molecule has 2 aromatic rings. The summed E-state index contributed by atoms with van der Waals surface area (Å²) in [7, 11) is 0. The average Bonchev–Trinajstić information content (AvgIpc) is 2.98. The Bertz CT molecular complexity index is 789. The first kappa shape index (κ1) is 15.0. The lowest BCUT2D eigenvalue weighted by molar-refractivity contribution is 0.478. The van der Waals surface area contributed by atoms with Crippen LogP contribution >= 0.6 is 23.2 Å². The molecule has 0 unspecified atom stereocenters. The van der Waals surface area contributed by atoms with Crippen LogP contribution in [0.15, 0.2) is 41.3 Å². The largest absolute Gasteiger partial charge is 0.453 e. The molecule has 6 heteroatoms. The zero-order valence-electron chi connectivity index (χ0n) is 11.7. The first-order chi connectivity index (χ1) is 10.5. The molecule has 0 fully saturated rings. The predicted octanol–water partition coefficient (Wildman–Crippen LogP) is 4.55. The summed E-state index contributed by atoms with van der Waals surface area (Å²) in [6.45, 7) is 0. The van der Waals surface area contributed by atoms with E-state index < -0.39 is 0 Å². The van der Waals surface area contributed by atoms with Crippen molar-refractivity contribution in [2.24, 2.45) is 0 Å². The van der Waals surface area contributed by atoms with E-state index in [0.717, 1.165) is 25.0 Å². The molecule has 0 saturated heterocycles. The van der Waals surface area contributed by atoms with Gasteiger partial charge in [0.05, 0.1) is 16.2 Å². The van der Waals surface area contributed by atoms with Crippen LogP contribution in [0.4, 0.5) is 5.69 Å². The van der Waals surface area contributed by atoms with Crippen molar-refractivity contribution < 1.29 is 4.74 Å². The van der Waals surface area contributed by atoms with E-state index >= 15 is 0 Å². The summed E-state index contributed by atoms with van der Waals surface area (Å²) in [6.07, 6.45) is 6.65. The molecule has 0 bridgehead atoms. The molecular weight excluding hydrogens is 323 g/mol. The Morgan fingerprint density at radius 2 is 1.91 bits per heavy atom. The van der Waals surface area contributed by atoms with E-state index in [4.69, 9.17) is 33.7 Å². The molecule has 1 aromatic carbocycles. The fourth-order valence-corrected chi connectivity index (χ4v) is 3.00. The van der Waals surface area contributed by atoms with E-state index in [1.165, 1.54) is 6.07 Å². The fourth-order valence-electron chi connectivity index (χ4n) is 2.42. The quantitative estimate of drug-likeness (QED) is 0.836. The highest BCUT2D eigenvalue weighted by molar-refractivity contribution is 6.37. The molecule has 3 rings (SSSR count). The van der Waals surface area contributed by atoms with Gasteiger partial charge in [-0.3, -0.25) is 9.36 Å². The van der Waals surface area contributed by atoms with Crippen LogP contribution in [0.3, 0.4) is 0 Å². The van der Waals surface area contributed by atoms with Gasteiger partial charge in [0.2, 0.25) is 0 Å². The van der Waals surface area contributed by atoms with Crippen molar-refractivity contribution in [1.82, 2.24) is 4.57 Å². The van der Waals surface area contributed by atoms with Gasteiger partial charge in [-0.1, -0.05) is 29.3 Å². The van der Waals surface area contributed by atoms with Crippen molar-refractivity contribution in [3.63, 3.8) is 0 Å². The Hall–Kier alpha value is -1.91. The van der Waals surface area contributed by atoms with Crippen LogP contribution in [0, 0.1) is 0 Å². The molecule has 2 N–H and O–H groups in total. The van der Waals surface area contributed by atoms with Crippen LogP contribution in [-0.2, 0) is 0 Å². The maximum absolute atomic E-state index is 12.0. The summed E-state index contributed by atoms with van der Waals surface area (Å²) in [5.74, 6) is 0.809. The number of nitrogens with zero attached hydrogens (tertiary/aromatic N) is 1. The number of nitrogens with two attached hydrogens (primary N) is 1. The zero-order valence-corrected chi connectivity index (χ0v) is 13.2. The number of rotatable bonds is 3. The van der Waals surface area contributed by atoms with Gasteiger partial charge < -0.3 is 10.5 Å². The molecule has 1 aromatic heterocycles. The van der Waals surface area contributed by atoms with E-state index in [1.54, 1.807) is 29.0 Å². The molecule has 1 aliphatic carbocycles. The van der Waals surface area contributed by atoms with Gasteiger partial charge in [-0.25, -0.2) is 0 Å². The van der Waals surface area contributed by atoms with Crippen molar-refractivity contribution >= 4 is 34.6 Å². The van der Waals surface area contributed by atoms with Crippen LogP contribution in [0.25, 0.3) is 5.70 Å². The molecular formula is C16H14Cl2N2O2. The Balaban J connectivity index is 1.97. The van der Waals surface area contributed by atoms with E-state index in [2.05, 4.69) is 6.08 Å². The summed E-state index contributed by atoms with van der Waals surface area (Å²) in [5.41, 5.74) is 7.04. The predicted molar refractivity (Wildman–Crippen MR) is 89.8 cm³/mol. The number of hydrogen-bond acceptors (Lipinski definition) is 3. The van der Waals surface area contributed by atoms with Gasteiger partial charge in [0.1, 0.15) is 5.75 Å². The summed E-state index contributed by atoms with van der Waals surface area (Å²) < 4.78 is 7.34. The van der Waals surface area contributed by atoms with Crippen LogP contribution in [0.5, 0.6) is 11.5 Å². The summed E-state index contributed by atoms with van der Waals surface area (Å²) in [6, 6.07) is 6.20. The number of ether oxygens (including phenoxy) is 1. The standard InChI is InChI=1S/C16H14Cl2N2O2/c17-13-7-10(19)8-14(18)16(13)22-12-5-6-15(21)20(9-12)11-3-1-2-4-11/h3,5-9H,1-2,4,19H2. The lowest BCUT2D eigenvalue weighted by Gasteiger charge is -2.12. The second kappa shape index (κ2) is 6.07. The van der Waals surface area contributed by atoms with Gasteiger partial charge in [0.25, 0.3) is 5.56 Å². The summed E-state index contributed by atoms with van der Waals surface area (Å²) in [5, 5.41) is 0.644. The Morgan fingerprint density at radius 3 is 2.55 bits per heavy atom. The van der Waals surface area contributed by atoms with E-state index in [0.29, 0.717) is 27.2 Å². The van der Waals surface area contributed by atoms with Crippen molar-refractivity contribution in [1.29, 1.82) is 0 Å². The van der Waals surface area contributed by atoms with Gasteiger partial charge in [0.15, 0.2) is 5.75 Å². The molecule has 22 heavy (non-hydrogen) atoms. The SMILES string of the molecule is Nc1cc(Cl)c(Oc2ccc(=O)n(C3=CCCC3)c2)c(Cl)c1. The maximum Gasteiger partial charge on any atom is 0.255 e. The highest BCUT2D eigenvalue weighted by Crippen LogP contribution is 2.38. The number of benzene rings is 1. The maximum atomic E-state index is 12.0. The van der Waals surface area contributed by atoms with Gasteiger partial charge in [0, 0.05) is 17.5 Å². The zero-order chi connectivity index (χ0) is 15.7. The molecule has 4 nitrogen and oxygen atoms in total. The van der Waals surface area contributed by atoms with Crippen LogP contribution in [-0.4, -0.2) is 4.57 Å². The monoisotopic (exact) mass is 336 g/mol. The van der Waals surface area contributed by atoms with Gasteiger partial charge >= 0.3 is 0 Å². The third-order valence-electron chi connectivity index (χ3n) is 3.45. The second-order valence-corrected chi connectivity index (χ2v) is 5.89. The van der Waals surface area contributed by atoms with Crippen molar-refractivity contribution in [3.8, 4) is 11.5 Å². The molecule has 114 valence electrons. The molecule has 0 aliphatic heterocycles. The van der Waals surface area contributed by atoms with Crippen LogP contribution < -0.4 is 16.0 Å². The van der Waals surface area contributed by atoms with Crippen LogP contribution in [0.2, 0.25) is 10.0 Å². The third kappa shape index (κ3) is 2.98. The fraction of sp³-hybridized carbons (Fsp3) is 0.188. The molecule has 1 heterocycles. The molecule has 0 radical (unpaired) electrons. The Labute approximate surface area is 137 Å². The third-order valence-corrected chi connectivity index (χ3v) is 4.01. The topological polar surface area (TPSA) is 57.2 Å². The normalized spacial score (nSPS) is 14.0. The lowest BCUT2D eigenvalue weighted by Crippen LogP contribution is -2.16. The Morgan fingerprint density at radius 1 is 1.18 bits per heavy atom. The van der Waals surface area contributed by atoms with Crippen molar-refractivity contribution in [2.75, 3.05) is 5.73 Å². The van der Waals surface area contributed by atoms with E-state index in [1.807, 2.05) is 0 Å². The molecule has 1 aliphatic rings. The van der Waals surface area contributed by atoms with E-state index in [-0.39, 0.29) is 5.56 Å². The summed E-state index contributed by atoms with van der Waals surface area (Å²) >= 11 is 12.2. The smallest absolute Gasteiger partial charge is 0.255 e. The minimum Gasteiger partial charge on any atom is -0.453 e. The highest BCUT2D eigenvalue weighted by Gasteiger charge is 2.13. The molecule has 0 amide bonds. The number of aromatic nitrogens is 1. The number of nitrogen functional groups attached to an aromatic ring is 1. The first-order valence-electron chi connectivity index (χ1n) is 6.89. The first-order valence-corrected chi connectivity index (χ1v) is 7.64. The number of hydrogen-bond donors (Lipinski definition) is 1. The highest BCUT2D eigenvalue weighted by atomic mass is 35.5. The second-order valence-electron chi connectivity index (χ2n) is 5.08. The number of allylic oxidation sites excluding steroid dienone is 2. The number of halogens is 2. The van der Waals surface area contributed by atoms with Crippen LogP contribution in [0.1, 0.15) is 19.3 Å². The van der Waals surface area contributed by atoms with Gasteiger partial charge in [-0.05, 0) is 37.5 Å². The van der Waals surface area contributed by atoms with E-state index in [9.17, 15) is 4.79 Å². The van der Waals surface area contributed by atoms with Crippen molar-refractivity contribution in [2.45, 2.75) is 19.3 Å². The average molecular weight is 337 g/mol. The summed E-state index contributed by atoms with van der Waals surface area (Å²) in [4.78, 5) is 12.0. The Kier molecular flexibility index (Phi) is 4.14. The molecule has 0 spiro atoms. The minimum atomic E-state index is -0.0880.